The van der Waals surface area contributed by atoms with Crippen LogP contribution in [0.25, 0.3) is 5.78 Å². The van der Waals surface area contributed by atoms with Crippen LogP contribution in [-0.4, -0.2) is 31.3 Å². The maximum Gasteiger partial charge on any atom is 0.256 e. The molecule has 0 unspecified atom stereocenters. The highest BCUT2D eigenvalue weighted by atomic mass is 32.2. The molecule has 2 rings (SSSR count). The first-order chi connectivity index (χ1) is 7.58. The number of aromatic nitrogens is 4. The summed E-state index contributed by atoms with van der Waals surface area (Å²) in [6, 6.07) is 1.89. The van der Waals surface area contributed by atoms with Crippen LogP contribution in [0, 0.1) is 13.8 Å². The van der Waals surface area contributed by atoms with E-state index in [1.54, 1.807) is 4.40 Å². The Kier molecular flexibility index (Phi) is 2.78. The van der Waals surface area contributed by atoms with Crippen molar-refractivity contribution in [3.8, 4) is 0 Å². The topological polar surface area (TPSA) is 83.2 Å². The quantitative estimate of drug-likeness (QED) is 0.674. The van der Waals surface area contributed by atoms with Gasteiger partial charge in [0.05, 0.1) is 5.97 Å². The summed E-state index contributed by atoms with van der Waals surface area (Å²) < 4.78 is 1.72. The van der Waals surface area contributed by atoms with Gasteiger partial charge in [-0.15, -0.1) is 10.2 Å². The molecule has 0 aliphatic carbocycles. The highest BCUT2D eigenvalue weighted by Gasteiger charge is 2.09. The van der Waals surface area contributed by atoms with Crippen LogP contribution in [0.2, 0.25) is 0 Å². The Balaban J connectivity index is 2.43. The van der Waals surface area contributed by atoms with Crippen molar-refractivity contribution in [2.24, 2.45) is 0 Å². The highest BCUT2D eigenvalue weighted by molar-refractivity contribution is 7.99. The van der Waals surface area contributed by atoms with Crippen molar-refractivity contribution in [1.29, 1.82) is 0 Å². The molecular weight excluding hydrogens is 228 g/mol. The Bertz CT molecular complexity index is 552. The molecule has 0 saturated carbocycles. The largest absolute Gasteiger partial charge is 0.549 e. The fourth-order valence-corrected chi connectivity index (χ4v) is 2.12. The van der Waals surface area contributed by atoms with E-state index in [-0.39, 0.29) is 5.75 Å². The van der Waals surface area contributed by atoms with Crippen molar-refractivity contribution in [3.63, 3.8) is 0 Å². The van der Waals surface area contributed by atoms with Crippen molar-refractivity contribution >= 4 is 23.5 Å². The molecule has 6 nitrogen and oxygen atoms in total. The van der Waals surface area contributed by atoms with E-state index in [9.17, 15) is 9.90 Å². The summed E-state index contributed by atoms with van der Waals surface area (Å²) in [4.78, 5) is 14.6. The zero-order valence-electron chi connectivity index (χ0n) is 8.80. The lowest BCUT2D eigenvalue weighted by Crippen LogP contribution is -2.24. The molecule has 0 saturated heterocycles. The van der Waals surface area contributed by atoms with Crippen molar-refractivity contribution in [2.45, 2.75) is 19.0 Å². The van der Waals surface area contributed by atoms with E-state index >= 15 is 0 Å². The normalized spacial score (nSPS) is 10.9. The summed E-state index contributed by atoms with van der Waals surface area (Å²) in [6.07, 6.45) is 0. The van der Waals surface area contributed by atoms with Gasteiger partial charge in [-0.2, -0.15) is 0 Å². The zero-order chi connectivity index (χ0) is 11.7. The maximum absolute atomic E-state index is 10.4. The number of aliphatic carboxylic acids is 1. The first kappa shape index (κ1) is 10.9. The number of hydrogen-bond donors (Lipinski definition) is 0. The lowest BCUT2D eigenvalue weighted by Gasteiger charge is -2.04. The number of fused-ring (bicyclic) bond motifs is 1. The van der Waals surface area contributed by atoms with Gasteiger partial charge in [0.1, 0.15) is 0 Å². The molecule has 0 aliphatic heterocycles. The second-order valence-electron chi connectivity index (χ2n) is 3.32. The number of rotatable bonds is 3. The molecular formula is C9H9N4O2S-. The van der Waals surface area contributed by atoms with Gasteiger partial charge in [-0.1, -0.05) is 11.8 Å². The van der Waals surface area contributed by atoms with Gasteiger partial charge in [-0.3, -0.25) is 4.40 Å². The van der Waals surface area contributed by atoms with Crippen LogP contribution < -0.4 is 5.11 Å². The molecule has 0 atom stereocenters. The molecule has 0 amide bonds. The second kappa shape index (κ2) is 4.09. The lowest BCUT2D eigenvalue weighted by molar-refractivity contribution is -0.301. The van der Waals surface area contributed by atoms with Gasteiger partial charge in [0.25, 0.3) is 5.78 Å². The van der Waals surface area contributed by atoms with Crippen molar-refractivity contribution in [3.05, 3.63) is 17.5 Å². The maximum atomic E-state index is 10.4. The highest BCUT2D eigenvalue weighted by Crippen LogP contribution is 2.17. The van der Waals surface area contributed by atoms with Gasteiger partial charge < -0.3 is 9.90 Å². The first-order valence-electron chi connectivity index (χ1n) is 4.60. The van der Waals surface area contributed by atoms with E-state index in [2.05, 4.69) is 15.2 Å². The summed E-state index contributed by atoms with van der Waals surface area (Å²) in [7, 11) is 0. The minimum atomic E-state index is -1.13. The Labute approximate surface area is 95.7 Å². The number of aryl methyl sites for hydroxylation is 2. The Morgan fingerprint density at radius 1 is 1.50 bits per heavy atom. The number of carbonyl (C=O) groups excluding carboxylic acids is 1. The van der Waals surface area contributed by atoms with E-state index < -0.39 is 5.97 Å². The fourth-order valence-electron chi connectivity index (χ4n) is 1.42. The second-order valence-corrected chi connectivity index (χ2v) is 4.26. The summed E-state index contributed by atoms with van der Waals surface area (Å²) in [5.74, 6) is -0.786. The molecule has 2 aromatic heterocycles. The Morgan fingerprint density at radius 2 is 2.25 bits per heavy atom. The standard InChI is InChI=1S/C9H10N4O2S/c1-5-3-6(2)13-8(10-5)11-12-9(13)16-4-7(14)15/h3H,4H2,1-2H3,(H,14,15)/p-1. The number of carbonyl (C=O) groups is 1. The Hall–Kier alpha value is -1.63. The van der Waals surface area contributed by atoms with Gasteiger partial charge in [-0.05, 0) is 19.9 Å². The average molecular weight is 237 g/mol. The minimum Gasteiger partial charge on any atom is -0.549 e. The van der Waals surface area contributed by atoms with Crippen LogP contribution in [0.4, 0.5) is 0 Å². The Morgan fingerprint density at radius 3 is 2.94 bits per heavy atom. The SMILES string of the molecule is Cc1cc(C)n2c(SCC(=O)[O-])nnc2n1. The third kappa shape index (κ3) is 1.99. The molecule has 0 spiro atoms. The van der Waals surface area contributed by atoms with Gasteiger partial charge in [0.15, 0.2) is 5.16 Å². The number of thioether (sulfide) groups is 1. The van der Waals surface area contributed by atoms with Crippen LogP contribution in [-0.2, 0) is 4.79 Å². The minimum absolute atomic E-state index is 0.145. The van der Waals surface area contributed by atoms with Crippen LogP contribution in [0.15, 0.2) is 11.2 Å². The van der Waals surface area contributed by atoms with E-state index in [1.807, 2.05) is 19.9 Å². The van der Waals surface area contributed by atoms with Crippen LogP contribution in [0.1, 0.15) is 11.4 Å². The van der Waals surface area contributed by atoms with Crippen molar-refractivity contribution in [1.82, 2.24) is 19.6 Å². The summed E-state index contributed by atoms with van der Waals surface area (Å²) in [5.41, 5.74) is 1.78. The molecule has 0 N–H and O–H groups in total. The van der Waals surface area contributed by atoms with E-state index in [4.69, 9.17) is 0 Å². The van der Waals surface area contributed by atoms with Crippen LogP contribution in [0.3, 0.4) is 0 Å². The summed E-state index contributed by atoms with van der Waals surface area (Å²) in [5, 5.41) is 18.7. The van der Waals surface area contributed by atoms with Crippen molar-refractivity contribution in [2.75, 3.05) is 5.75 Å². The third-order valence-corrected chi connectivity index (χ3v) is 2.88. The molecule has 16 heavy (non-hydrogen) atoms. The van der Waals surface area contributed by atoms with Gasteiger partial charge in [-0.25, -0.2) is 4.98 Å². The lowest BCUT2D eigenvalue weighted by atomic mass is 10.3. The van der Waals surface area contributed by atoms with E-state index in [0.29, 0.717) is 10.9 Å². The number of nitrogens with zero attached hydrogens (tertiary/aromatic N) is 4. The van der Waals surface area contributed by atoms with Gasteiger partial charge >= 0.3 is 0 Å². The zero-order valence-corrected chi connectivity index (χ0v) is 9.61. The first-order valence-corrected chi connectivity index (χ1v) is 5.58. The molecule has 0 aromatic carbocycles. The van der Waals surface area contributed by atoms with E-state index in [1.165, 1.54) is 0 Å². The predicted molar refractivity (Wildman–Crippen MR) is 56.0 cm³/mol. The number of hydrogen-bond acceptors (Lipinski definition) is 6. The van der Waals surface area contributed by atoms with Crippen LogP contribution >= 0.6 is 11.8 Å². The smallest absolute Gasteiger partial charge is 0.256 e. The van der Waals surface area contributed by atoms with Gasteiger partial charge in [0, 0.05) is 17.1 Å². The average Bonchev–Trinajstić information content (AvgIpc) is 2.57. The molecule has 7 heteroatoms. The molecule has 0 aliphatic rings. The fraction of sp³-hybridized carbons (Fsp3) is 0.333. The number of carboxylic acid groups (broad SMARTS) is 1. The molecule has 2 heterocycles. The van der Waals surface area contributed by atoms with E-state index in [0.717, 1.165) is 23.1 Å². The number of carboxylic acids is 1. The predicted octanol–water partition coefficient (Wildman–Crippen LogP) is -0.417. The van der Waals surface area contributed by atoms with Crippen molar-refractivity contribution < 1.29 is 9.90 Å². The monoisotopic (exact) mass is 237 g/mol. The summed E-state index contributed by atoms with van der Waals surface area (Å²) in [6.45, 7) is 3.77. The van der Waals surface area contributed by atoms with Crippen LogP contribution in [0.5, 0.6) is 0 Å². The molecule has 2 aromatic rings. The molecule has 0 radical (unpaired) electrons. The van der Waals surface area contributed by atoms with Gasteiger partial charge in [0.2, 0.25) is 0 Å². The molecule has 0 bridgehead atoms. The molecule has 0 fully saturated rings. The molecule has 84 valence electrons. The third-order valence-electron chi connectivity index (χ3n) is 1.98. The summed E-state index contributed by atoms with van der Waals surface area (Å²) >= 11 is 1.07.